The van der Waals surface area contributed by atoms with Crippen molar-refractivity contribution in [2.24, 2.45) is 0 Å². The van der Waals surface area contributed by atoms with Crippen molar-refractivity contribution in [1.29, 1.82) is 0 Å². The van der Waals surface area contributed by atoms with Gasteiger partial charge in [-0.3, -0.25) is 0 Å². The molecule has 1 aromatic rings. The monoisotopic (exact) mass is 280 g/mol. The molecule has 1 aliphatic rings. The number of methoxy groups -OCH3 is 1. The normalized spacial score (nSPS) is 13.9. The lowest BCUT2D eigenvalue weighted by Crippen LogP contribution is -2.36. The van der Waals surface area contributed by atoms with E-state index in [-0.39, 0.29) is 0 Å². The van der Waals surface area contributed by atoms with Crippen LogP contribution in [0.1, 0.15) is 0 Å². The molecule has 0 unspecified atom stereocenters. The number of hydrogen-bond donors (Lipinski definition) is 1. The number of rotatable bonds is 9. The fraction of sp³-hybridized carbons (Fsp3) is 0.600. The lowest BCUT2D eigenvalue weighted by molar-refractivity contribution is 0.0265. The fourth-order valence-corrected chi connectivity index (χ4v) is 2.22. The lowest BCUT2D eigenvalue weighted by atomic mass is 10.2. The Bertz CT molecular complexity index is 387. The van der Waals surface area contributed by atoms with Gasteiger partial charge in [0.1, 0.15) is 0 Å². The molecule has 20 heavy (non-hydrogen) atoms. The molecule has 5 nitrogen and oxygen atoms in total. The van der Waals surface area contributed by atoms with Gasteiger partial charge in [-0.05, 0) is 12.1 Å². The molecule has 0 atom stereocenters. The largest absolute Gasteiger partial charge is 0.382 e. The van der Waals surface area contributed by atoms with Gasteiger partial charge in [-0.25, -0.2) is 0 Å². The number of benzene rings is 1. The maximum Gasteiger partial charge on any atom is 0.0701 e. The third-order valence-electron chi connectivity index (χ3n) is 3.25. The fourth-order valence-electron chi connectivity index (χ4n) is 2.22. The highest BCUT2D eigenvalue weighted by Crippen LogP contribution is 2.27. The van der Waals surface area contributed by atoms with Gasteiger partial charge < -0.3 is 24.4 Å². The van der Waals surface area contributed by atoms with E-state index in [2.05, 4.69) is 34.5 Å². The van der Waals surface area contributed by atoms with Crippen LogP contribution in [0.25, 0.3) is 0 Å². The Balaban J connectivity index is 1.61. The van der Waals surface area contributed by atoms with Gasteiger partial charge >= 0.3 is 0 Å². The Morgan fingerprint density at radius 3 is 2.65 bits per heavy atom. The minimum atomic E-state index is 0.626. The summed E-state index contributed by atoms with van der Waals surface area (Å²) >= 11 is 0. The van der Waals surface area contributed by atoms with E-state index in [0.29, 0.717) is 26.4 Å². The number of hydrogen-bond acceptors (Lipinski definition) is 5. The van der Waals surface area contributed by atoms with Gasteiger partial charge in [-0.15, -0.1) is 0 Å². The lowest BCUT2D eigenvalue weighted by Gasteiger charge is -2.31. The van der Waals surface area contributed by atoms with Crippen LogP contribution in [-0.2, 0) is 14.2 Å². The number of anilines is 2. The van der Waals surface area contributed by atoms with Crippen molar-refractivity contribution in [3.05, 3.63) is 24.3 Å². The molecule has 0 fully saturated rings. The number of fused-ring (bicyclic) bond motifs is 1. The molecule has 0 aliphatic carbocycles. The smallest absolute Gasteiger partial charge is 0.0701 e. The first-order valence-corrected chi connectivity index (χ1v) is 7.14. The number of nitrogens with one attached hydrogen (secondary N) is 1. The van der Waals surface area contributed by atoms with E-state index in [4.69, 9.17) is 14.2 Å². The molecule has 0 aromatic heterocycles. The summed E-state index contributed by atoms with van der Waals surface area (Å²) in [5, 5.41) is 3.41. The SMILES string of the molecule is COCCOCCOCCN1CCNc2ccccc21. The van der Waals surface area contributed by atoms with Crippen LogP contribution in [-0.4, -0.2) is 59.8 Å². The molecule has 0 saturated heterocycles. The van der Waals surface area contributed by atoms with Gasteiger partial charge in [0.15, 0.2) is 0 Å². The Hall–Kier alpha value is -1.30. The van der Waals surface area contributed by atoms with Crippen LogP contribution in [0, 0.1) is 0 Å². The predicted molar refractivity (Wildman–Crippen MR) is 80.7 cm³/mol. The average molecular weight is 280 g/mol. The predicted octanol–water partition coefficient (Wildman–Crippen LogP) is 1.60. The second-order valence-corrected chi connectivity index (χ2v) is 4.65. The van der Waals surface area contributed by atoms with E-state index in [9.17, 15) is 0 Å². The van der Waals surface area contributed by atoms with Crippen LogP contribution in [0.5, 0.6) is 0 Å². The molecule has 112 valence electrons. The summed E-state index contributed by atoms with van der Waals surface area (Å²) < 4.78 is 15.9. The quantitative estimate of drug-likeness (QED) is 0.696. The average Bonchev–Trinajstić information content (AvgIpc) is 2.50. The molecule has 0 amide bonds. The molecular formula is C15H24N2O3. The van der Waals surface area contributed by atoms with Gasteiger partial charge in [-0.1, -0.05) is 12.1 Å². The first-order valence-electron chi connectivity index (χ1n) is 7.14. The Morgan fingerprint density at radius 1 is 1.05 bits per heavy atom. The van der Waals surface area contributed by atoms with E-state index in [1.54, 1.807) is 7.11 Å². The van der Waals surface area contributed by atoms with Crippen LogP contribution in [0.4, 0.5) is 11.4 Å². The van der Waals surface area contributed by atoms with E-state index in [1.807, 2.05) is 0 Å². The standard InChI is InChI=1S/C15H24N2O3/c1-18-10-11-20-13-12-19-9-8-17-7-6-16-14-4-2-3-5-15(14)17/h2-5,16H,6-13H2,1H3. The van der Waals surface area contributed by atoms with Gasteiger partial charge in [-0.2, -0.15) is 0 Å². The molecule has 2 rings (SSSR count). The zero-order valence-electron chi connectivity index (χ0n) is 12.1. The summed E-state index contributed by atoms with van der Waals surface area (Å²) in [4.78, 5) is 2.36. The summed E-state index contributed by atoms with van der Waals surface area (Å²) in [5.74, 6) is 0. The zero-order valence-corrected chi connectivity index (χ0v) is 12.1. The molecule has 1 aliphatic heterocycles. The van der Waals surface area contributed by atoms with Gasteiger partial charge in [0, 0.05) is 26.7 Å². The minimum absolute atomic E-state index is 0.626. The third kappa shape index (κ3) is 4.67. The van der Waals surface area contributed by atoms with E-state index in [0.717, 1.165) is 26.2 Å². The second kappa shape index (κ2) is 8.79. The van der Waals surface area contributed by atoms with Crippen molar-refractivity contribution in [2.75, 3.05) is 70.0 Å². The van der Waals surface area contributed by atoms with Crippen LogP contribution >= 0.6 is 0 Å². The van der Waals surface area contributed by atoms with Crippen LogP contribution in [0.2, 0.25) is 0 Å². The summed E-state index contributed by atoms with van der Waals surface area (Å²) in [6.07, 6.45) is 0. The molecule has 5 heteroatoms. The second-order valence-electron chi connectivity index (χ2n) is 4.65. The van der Waals surface area contributed by atoms with E-state index in [1.165, 1.54) is 11.4 Å². The first-order chi connectivity index (χ1) is 9.92. The van der Waals surface area contributed by atoms with Crippen molar-refractivity contribution < 1.29 is 14.2 Å². The highest BCUT2D eigenvalue weighted by Gasteiger charge is 2.14. The minimum Gasteiger partial charge on any atom is -0.382 e. The zero-order chi connectivity index (χ0) is 14.0. The van der Waals surface area contributed by atoms with Crippen LogP contribution in [0.3, 0.4) is 0 Å². The van der Waals surface area contributed by atoms with Crippen molar-refractivity contribution in [2.45, 2.75) is 0 Å². The van der Waals surface area contributed by atoms with Gasteiger partial charge in [0.05, 0.1) is 44.4 Å². The molecule has 0 radical (unpaired) electrons. The molecular weight excluding hydrogens is 256 g/mol. The van der Waals surface area contributed by atoms with Crippen molar-refractivity contribution in [1.82, 2.24) is 0 Å². The molecule has 1 heterocycles. The summed E-state index contributed by atoms with van der Waals surface area (Å²) in [5.41, 5.74) is 2.47. The molecule has 1 aromatic carbocycles. The highest BCUT2D eigenvalue weighted by atomic mass is 16.5. The molecule has 0 spiro atoms. The molecule has 0 bridgehead atoms. The Morgan fingerprint density at radius 2 is 1.80 bits per heavy atom. The van der Waals surface area contributed by atoms with E-state index >= 15 is 0 Å². The Labute approximate surface area is 120 Å². The number of para-hydroxylation sites is 2. The molecule has 0 saturated carbocycles. The maximum atomic E-state index is 5.60. The third-order valence-corrected chi connectivity index (χ3v) is 3.25. The first kappa shape index (κ1) is 15.1. The van der Waals surface area contributed by atoms with E-state index < -0.39 is 0 Å². The summed E-state index contributed by atoms with van der Waals surface area (Å²) in [6, 6.07) is 8.40. The summed E-state index contributed by atoms with van der Waals surface area (Å²) in [6.45, 7) is 6.17. The van der Waals surface area contributed by atoms with Crippen molar-refractivity contribution in [3.63, 3.8) is 0 Å². The van der Waals surface area contributed by atoms with Gasteiger partial charge in [0.2, 0.25) is 0 Å². The van der Waals surface area contributed by atoms with Crippen molar-refractivity contribution in [3.8, 4) is 0 Å². The number of nitrogens with zero attached hydrogens (tertiary/aromatic N) is 1. The van der Waals surface area contributed by atoms with Gasteiger partial charge in [0.25, 0.3) is 0 Å². The topological polar surface area (TPSA) is 43.0 Å². The Kier molecular flexibility index (Phi) is 6.63. The van der Waals surface area contributed by atoms with Crippen molar-refractivity contribution >= 4 is 11.4 Å². The maximum absolute atomic E-state index is 5.60. The summed E-state index contributed by atoms with van der Waals surface area (Å²) in [7, 11) is 1.67. The number of ether oxygens (including phenoxy) is 3. The van der Waals surface area contributed by atoms with Crippen LogP contribution in [0.15, 0.2) is 24.3 Å². The molecule has 1 N–H and O–H groups in total. The van der Waals surface area contributed by atoms with Crippen LogP contribution < -0.4 is 10.2 Å². The highest BCUT2D eigenvalue weighted by molar-refractivity contribution is 5.71.